The van der Waals surface area contributed by atoms with Crippen molar-refractivity contribution in [2.24, 2.45) is 0 Å². The molecule has 0 unspecified atom stereocenters. The zero-order valence-electron chi connectivity index (χ0n) is 11.1. The van der Waals surface area contributed by atoms with Gasteiger partial charge in [-0.3, -0.25) is 4.79 Å². The Labute approximate surface area is 99.5 Å². The van der Waals surface area contributed by atoms with Crippen LogP contribution in [0.1, 0.15) is 47.5 Å². The van der Waals surface area contributed by atoms with Gasteiger partial charge in [0.2, 0.25) is 5.91 Å². The van der Waals surface area contributed by atoms with Crippen molar-refractivity contribution >= 4 is 5.91 Å². The second-order valence-corrected chi connectivity index (χ2v) is 2.32. The number of carbonyl (C=O) groups excluding carboxylic acids is 1. The van der Waals surface area contributed by atoms with Gasteiger partial charge in [0.05, 0.1) is 25.0 Å². The largest absolute Gasteiger partial charge is 0.341 e. The van der Waals surface area contributed by atoms with Crippen LogP contribution in [0.4, 0.5) is 0 Å². The molecule has 92 valence electrons. The van der Waals surface area contributed by atoms with Crippen molar-refractivity contribution in [3.63, 3.8) is 0 Å². The molecule has 0 bridgehead atoms. The molecule has 0 saturated carbocycles. The Morgan fingerprint density at radius 2 is 1.31 bits per heavy atom. The smallest absolute Gasteiger partial charge is 0.219 e. The van der Waals surface area contributed by atoms with Crippen LogP contribution in [-0.2, 0) is 4.79 Å². The summed E-state index contributed by atoms with van der Waals surface area (Å²) in [4.78, 5) is 12.4. The first-order valence-corrected chi connectivity index (χ1v) is 5.71. The number of carbonyl (C=O) groups is 1. The van der Waals surface area contributed by atoms with Gasteiger partial charge in [-0.25, -0.2) is 0 Å². The van der Waals surface area contributed by atoms with Crippen LogP contribution < -0.4 is 0 Å². The third-order valence-electron chi connectivity index (χ3n) is 1.43. The van der Waals surface area contributed by atoms with Crippen molar-refractivity contribution in [1.29, 1.82) is 10.5 Å². The molecule has 4 heteroatoms. The minimum atomic E-state index is -0.0829. The summed E-state index contributed by atoms with van der Waals surface area (Å²) in [6.07, 6.45) is 0.649. The molecular weight excluding hydrogens is 202 g/mol. The van der Waals surface area contributed by atoms with Crippen LogP contribution in [0.3, 0.4) is 0 Å². The molecular formula is C12H23N3O. The third kappa shape index (κ3) is 14.9. The molecule has 0 spiro atoms. The van der Waals surface area contributed by atoms with E-state index in [0.717, 1.165) is 0 Å². The maximum atomic E-state index is 10.9. The minimum absolute atomic E-state index is 0.0829. The standard InChI is InChI=1S/C8H11N3O.2C2H6/c1-8(12)11(6-2-4-9)7-3-5-10;2*1-2/h2-3,6-7H2,1H3;2*1-2H3. The summed E-state index contributed by atoms with van der Waals surface area (Å²) < 4.78 is 0. The van der Waals surface area contributed by atoms with Crippen LogP contribution in [0.25, 0.3) is 0 Å². The predicted octanol–water partition coefficient (Wildman–Crippen LogP) is 2.71. The lowest BCUT2D eigenvalue weighted by molar-refractivity contribution is -0.128. The van der Waals surface area contributed by atoms with Gasteiger partial charge < -0.3 is 4.90 Å². The van der Waals surface area contributed by atoms with Crippen molar-refractivity contribution in [3.05, 3.63) is 0 Å². The molecule has 0 aliphatic heterocycles. The molecule has 0 aromatic rings. The Morgan fingerprint density at radius 1 is 1.00 bits per heavy atom. The first-order valence-electron chi connectivity index (χ1n) is 5.71. The average Bonchev–Trinajstić information content (AvgIpc) is 2.34. The molecule has 0 N–H and O–H groups in total. The average molecular weight is 225 g/mol. The highest BCUT2D eigenvalue weighted by molar-refractivity contribution is 5.73. The van der Waals surface area contributed by atoms with Gasteiger partial charge in [-0.05, 0) is 0 Å². The summed E-state index contributed by atoms with van der Waals surface area (Å²) in [5.41, 5.74) is 0. The van der Waals surface area contributed by atoms with Gasteiger partial charge in [0.25, 0.3) is 0 Å². The van der Waals surface area contributed by atoms with E-state index in [-0.39, 0.29) is 5.91 Å². The first-order chi connectivity index (χ1) is 7.72. The van der Waals surface area contributed by atoms with Crippen molar-refractivity contribution in [2.45, 2.75) is 47.5 Å². The highest BCUT2D eigenvalue weighted by Gasteiger charge is 2.06. The highest BCUT2D eigenvalue weighted by atomic mass is 16.2. The Balaban J connectivity index is -0.000000376. The Bertz CT molecular complexity index is 207. The quantitative estimate of drug-likeness (QED) is 0.738. The van der Waals surface area contributed by atoms with E-state index in [1.807, 2.05) is 39.8 Å². The van der Waals surface area contributed by atoms with Gasteiger partial charge in [-0.15, -0.1) is 0 Å². The zero-order valence-corrected chi connectivity index (χ0v) is 11.1. The van der Waals surface area contributed by atoms with E-state index in [9.17, 15) is 4.79 Å². The molecule has 0 rings (SSSR count). The maximum absolute atomic E-state index is 10.9. The molecule has 0 heterocycles. The fourth-order valence-electron chi connectivity index (χ4n) is 0.797. The predicted molar refractivity (Wildman–Crippen MR) is 65.4 cm³/mol. The van der Waals surface area contributed by atoms with Gasteiger partial charge in [0.15, 0.2) is 0 Å². The molecule has 0 atom stereocenters. The number of nitriles is 2. The van der Waals surface area contributed by atoms with E-state index >= 15 is 0 Å². The van der Waals surface area contributed by atoms with E-state index in [4.69, 9.17) is 10.5 Å². The zero-order chi connectivity index (χ0) is 13.4. The summed E-state index contributed by atoms with van der Waals surface area (Å²) in [6, 6.07) is 3.91. The molecule has 0 aromatic heterocycles. The molecule has 0 radical (unpaired) electrons. The first kappa shape index (κ1) is 19.9. The Hall–Kier alpha value is -1.55. The van der Waals surface area contributed by atoms with Gasteiger partial charge >= 0.3 is 0 Å². The third-order valence-corrected chi connectivity index (χ3v) is 1.43. The SMILES string of the molecule is CC.CC.CC(=O)N(CCC#N)CCC#N. The van der Waals surface area contributed by atoms with E-state index in [1.165, 1.54) is 11.8 Å². The van der Waals surface area contributed by atoms with Gasteiger partial charge in [0, 0.05) is 20.0 Å². The van der Waals surface area contributed by atoms with Crippen LogP contribution in [0.5, 0.6) is 0 Å². The van der Waals surface area contributed by atoms with Gasteiger partial charge in [0.1, 0.15) is 0 Å². The fraction of sp³-hybridized carbons (Fsp3) is 0.750. The van der Waals surface area contributed by atoms with Gasteiger partial charge in [-0.1, -0.05) is 27.7 Å². The van der Waals surface area contributed by atoms with Crippen LogP contribution in [-0.4, -0.2) is 23.9 Å². The normalized spacial score (nSPS) is 6.94. The summed E-state index contributed by atoms with van der Waals surface area (Å²) in [5.74, 6) is -0.0829. The van der Waals surface area contributed by atoms with Crippen LogP contribution in [0.15, 0.2) is 0 Å². The molecule has 0 aromatic carbocycles. The molecule has 0 aliphatic rings. The molecule has 0 aliphatic carbocycles. The molecule has 0 saturated heterocycles. The lowest BCUT2D eigenvalue weighted by atomic mass is 10.3. The summed E-state index contributed by atoms with van der Waals surface area (Å²) >= 11 is 0. The molecule has 4 nitrogen and oxygen atoms in total. The number of amides is 1. The van der Waals surface area contributed by atoms with Crippen LogP contribution in [0.2, 0.25) is 0 Å². The van der Waals surface area contributed by atoms with E-state index in [0.29, 0.717) is 25.9 Å². The molecule has 0 fully saturated rings. The fourth-order valence-corrected chi connectivity index (χ4v) is 0.797. The Kier molecular flexibility index (Phi) is 23.8. The maximum Gasteiger partial charge on any atom is 0.219 e. The highest BCUT2D eigenvalue weighted by Crippen LogP contribution is 1.93. The second kappa shape index (κ2) is 19.1. The monoisotopic (exact) mass is 225 g/mol. The van der Waals surface area contributed by atoms with Crippen LogP contribution in [0, 0.1) is 22.7 Å². The number of hydrogen-bond donors (Lipinski definition) is 0. The summed E-state index contributed by atoms with van der Waals surface area (Å²) in [5, 5.41) is 16.5. The summed E-state index contributed by atoms with van der Waals surface area (Å²) in [7, 11) is 0. The van der Waals surface area contributed by atoms with Crippen molar-refractivity contribution < 1.29 is 4.79 Å². The van der Waals surface area contributed by atoms with Crippen molar-refractivity contribution in [1.82, 2.24) is 4.90 Å². The number of hydrogen-bond acceptors (Lipinski definition) is 3. The lowest BCUT2D eigenvalue weighted by Crippen LogP contribution is -2.30. The van der Waals surface area contributed by atoms with E-state index in [2.05, 4.69) is 0 Å². The Morgan fingerprint density at radius 3 is 1.50 bits per heavy atom. The van der Waals surface area contributed by atoms with Crippen molar-refractivity contribution in [3.8, 4) is 12.1 Å². The molecule has 16 heavy (non-hydrogen) atoms. The summed E-state index contributed by atoms with van der Waals surface area (Å²) in [6.45, 7) is 10.3. The molecule has 1 amide bonds. The second-order valence-electron chi connectivity index (χ2n) is 2.32. The topological polar surface area (TPSA) is 67.9 Å². The van der Waals surface area contributed by atoms with E-state index < -0.39 is 0 Å². The lowest BCUT2D eigenvalue weighted by Gasteiger charge is -2.17. The van der Waals surface area contributed by atoms with Crippen LogP contribution >= 0.6 is 0 Å². The van der Waals surface area contributed by atoms with E-state index in [1.54, 1.807) is 0 Å². The number of nitrogens with zero attached hydrogens (tertiary/aromatic N) is 3. The van der Waals surface area contributed by atoms with Crippen molar-refractivity contribution in [2.75, 3.05) is 13.1 Å². The van der Waals surface area contributed by atoms with Gasteiger partial charge in [-0.2, -0.15) is 10.5 Å². The minimum Gasteiger partial charge on any atom is -0.341 e. The number of rotatable bonds is 4.